The van der Waals surface area contributed by atoms with Crippen LogP contribution in [0.25, 0.3) is 0 Å². The van der Waals surface area contributed by atoms with Gasteiger partial charge in [-0.1, -0.05) is 58.4 Å². The van der Waals surface area contributed by atoms with Crippen LogP contribution in [0, 0.1) is 11.8 Å². The fourth-order valence-corrected chi connectivity index (χ4v) is 4.13. The summed E-state index contributed by atoms with van der Waals surface area (Å²) >= 11 is 0. The van der Waals surface area contributed by atoms with E-state index >= 15 is 0 Å². The highest BCUT2D eigenvalue weighted by atomic mass is 16.6. The summed E-state index contributed by atoms with van der Waals surface area (Å²) in [5.74, 6) is -2.64. The zero-order valence-electron chi connectivity index (χ0n) is 25.9. The molecule has 1 aromatic rings. The summed E-state index contributed by atoms with van der Waals surface area (Å²) < 4.78 is 16.7. The first-order valence-electron chi connectivity index (χ1n) is 14.3. The van der Waals surface area contributed by atoms with Gasteiger partial charge in [0.1, 0.15) is 12.4 Å². The van der Waals surface area contributed by atoms with Gasteiger partial charge in [-0.2, -0.15) is 0 Å². The van der Waals surface area contributed by atoms with Crippen LogP contribution < -0.4 is 9.47 Å². The molecule has 0 radical (unpaired) electrons. The average molecular weight is 604 g/mol. The summed E-state index contributed by atoms with van der Waals surface area (Å²) in [5.41, 5.74) is -0.886. The van der Waals surface area contributed by atoms with Gasteiger partial charge < -0.3 is 29.5 Å². The van der Waals surface area contributed by atoms with E-state index in [9.17, 15) is 24.3 Å². The van der Waals surface area contributed by atoms with Crippen LogP contribution in [-0.2, 0) is 23.9 Å². The van der Waals surface area contributed by atoms with Gasteiger partial charge in [0.2, 0.25) is 0 Å². The first-order chi connectivity index (χ1) is 20.2. The zero-order chi connectivity index (χ0) is 32.6. The summed E-state index contributed by atoms with van der Waals surface area (Å²) in [7, 11) is 1.62. The predicted octanol–water partition coefficient (Wildman–Crippen LogP) is 4.26. The number of carbonyl (C=O) groups is 4. The molecule has 1 aliphatic rings. The number of esters is 1. The number of para-hydroxylation sites is 2. The number of carboxylic acids is 2. The second-order valence-electron chi connectivity index (χ2n) is 10.6. The summed E-state index contributed by atoms with van der Waals surface area (Å²) in [6.07, 6.45) is 6.36. The number of aliphatic carboxylic acids is 2. The minimum Gasteiger partial charge on any atom is -0.493 e. The molecule has 0 fully saturated rings. The molecule has 43 heavy (non-hydrogen) atoms. The van der Waals surface area contributed by atoms with Crippen molar-refractivity contribution in [2.45, 2.75) is 59.5 Å². The molecule has 0 amide bonds. The maximum atomic E-state index is 12.9. The van der Waals surface area contributed by atoms with Crippen molar-refractivity contribution in [2.75, 3.05) is 33.4 Å². The normalized spacial score (nSPS) is 16.3. The van der Waals surface area contributed by atoms with E-state index in [4.69, 9.17) is 24.4 Å². The van der Waals surface area contributed by atoms with Crippen LogP contribution >= 0.6 is 0 Å². The van der Waals surface area contributed by atoms with Crippen LogP contribution in [0.3, 0.4) is 0 Å². The number of methoxy groups -OCH3 is 1. The lowest BCUT2D eigenvalue weighted by Gasteiger charge is -2.34. The Labute approximate surface area is 253 Å². The number of ether oxygens (including phenoxy) is 3. The quantitative estimate of drug-likeness (QED) is 0.183. The Balaban J connectivity index is 0.00000101. The summed E-state index contributed by atoms with van der Waals surface area (Å²) in [4.78, 5) is 46.5. The summed E-state index contributed by atoms with van der Waals surface area (Å²) in [5, 5.41) is 27.0. The smallest absolute Gasteiger partial charge is 0.328 e. The molecule has 0 bridgehead atoms. The van der Waals surface area contributed by atoms with E-state index in [1.54, 1.807) is 40.9 Å². The van der Waals surface area contributed by atoms with Crippen LogP contribution in [0.2, 0.25) is 0 Å². The van der Waals surface area contributed by atoms with Gasteiger partial charge in [-0.15, -0.1) is 0 Å². The topological polar surface area (TPSA) is 160 Å². The molecule has 0 aliphatic heterocycles. The highest BCUT2D eigenvalue weighted by Gasteiger charge is 2.45. The maximum Gasteiger partial charge on any atom is 0.328 e. The molecule has 1 aliphatic carbocycles. The van der Waals surface area contributed by atoms with Crippen LogP contribution in [-0.4, -0.2) is 82.9 Å². The van der Waals surface area contributed by atoms with Gasteiger partial charge in [0, 0.05) is 37.6 Å². The molecule has 1 unspecified atom stereocenters. The molecule has 11 nitrogen and oxygen atoms in total. The molecule has 0 heterocycles. The molecular formula is C32H45NO10. The lowest BCUT2D eigenvalue weighted by Crippen LogP contribution is -2.46. The molecule has 1 aromatic carbocycles. The Bertz CT molecular complexity index is 1170. The van der Waals surface area contributed by atoms with Gasteiger partial charge in [-0.05, 0) is 37.6 Å². The number of benzene rings is 1. The predicted molar refractivity (Wildman–Crippen MR) is 161 cm³/mol. The highest BCUT2D eigenvalue weighted by molar-refractivity contribution is 5.93. The number of aliphatic hydroxyl groups is 1. The molecule has 0 spiro atoms. The number of hydrogen-bond acceptors (Lipinski definition) is 9. The number of carbonyl (C=O) groups excluding carboxylic acids is 2. The van der Waals surface area contributed by atoms with Gasteiger partial charge in [0.15, 0.2) is 22.9 Å². The van der Waals surface area contributed by atoms with Gasteiger partial charge in [-0.25, -0.2) is 9.59 Å². The van der Waals surface area contributed by atoms with E-state index in [2.05, 4.69) is 11.8 Å². The Hall–Kier alpha value is -3.96. The Morgan fingerprint density at radius 2 is 1.53 bits per heavy atom. The van der Waals surface area contributed by atoms with Crippen molar-refractivity contribution in [3.8, 4) is 11.5 Å². The van der Waals surface area contributed by atoms with Gasteiger partial charge in [-0.3, -0.25) is 14.5 Å². The number of rotatable bonds is 16. The molecule has 3 N–H and O–H groups in total. The molecule has 0 aromatic heterocycles. The Morgan fingerprint density at radius 1 is 0.930 bits per heavy atom. The number of carboxylic acid groups (broad SMARTS) is 2. The van der Waals surface area contributed by atoms with Crippen molar-refractivity contribution < 1.29 is 48.7 Å². The van der Waals surface area contributed by atoms with Gasteiger partial charge in [0.25, 0.3) is 0 Å². The Morgan fingerprint density at radius 3 is 2.05 bits per heavy atom. The van der Waals surface area contributed by atoms with Crippen LogP contribution in [0.1, 0.15) is 53.9 Å². The fourth-order valence-electron chi connectivity index (χ4n) is 4.13. The summed E-state index contributed by atoms with van der Waals surface area (Å²) in [6.45, 7) is 12.0. The minimum absolute atomic E-state index is 0.0225. The molecule has 0 saturated heterocycles. The van der Waals surface area contributed by atoms with E-state index in [-0.39, 0.29) is 23.9 Å². The number of allylic oxidation sites excluding steroid dienone is 2. The van der Waals surface area contributed by atoms with E-state index in [1.807, 2.05) is 30.3 Å². The lowest BCUT2D eigenvalue weighted by molar-refractivity contribution is -0.152. The molecule has 0 saturated carbocycles. The van der Waals surface area contributed by atoms with Crippen molar-refractivity contribution in [3.63, 3.8) is 0 Å². The van der Waals surface area contributed by atoms with Crippen LogP contribution in [0.5, 0.6) is 11.5 Å². The number of Topliss-reactive ketones (excluding diaryl/α,β-unsaturated/α-hetero) is 1. The summed E-state index contributed by atoms with van der Waals surface area (Å²) in [6, 6.07) is 7.58. The van der Waals surface area contributed by atoms with Crippen molar-refractivity contribution >= 4 is 23.7 Å². The van der Waals surface area contributed by atoms with Crippen molar-refractivity contribution in [3.05, 3.63) is 59.9 Å². The second-order valence-corrected chi connectivity index (χ2v) is 10.6. The molecule has 2 rings (SSSR count). The maximum absolute atomic E-state index is 12.9. The van der Waals surface area contributed by atoms with Gasteiger partial charge >= 0.3 is 17.9 Å². The van der Waals surface area contributed by atoms with Crippen molar-refractivity contribution in [1.29, 1.82) is 0 Å². The van der Waals surface area contributed by atoms with Crippen LogP contribution in [0.15, 0.2) is 59.9 Å². The first kappa shape index (κ1) is 37.1. The molecular weight excluding hydrogens is 558 g/mol. The zero-order valence-corrected chi connectivity index (χ0v) is 25.9. The SMILES string of the molecule is CCCN(CCOc1ccccc1OC)CCC1=CC=C(OC(=O)C(C)C)C(O)(C(=O)C(C)C)C1.O=C(O)C=CC(=O)O. The van der Waals surface area contributed by atoms with Crippen LogP contribution in [0.4, 0.5) is 0 Å². The fraction of sp³-hybridized carbons (Fsp3) is 0.500. The number of nitrogens with zero attached hydrogens (tertiary/aromatic N) is 1. The largest absolute Gasteiger partial charge is 0.493 e. The van der Waals surface area contributed by atoms with E-state index in [0.29, 0.717) is 36.7 Å². The monoisotopic (exact) mass is 603 g/mol. The van der Waals surface area contributed by atoms with E-state index in [1.165, 1.54) is 0 Å². The third kappa shape index (κ3) is 12.8. The lowest BCUT2D eigenvalue weighted by atomic mass is 9.79. The second kappa shape index (κ2) is 18.6. The minimum atomic E-state index is -1.83. The third-order valence-electron chi connectivity index (χ3n) is 6.37. The molecule has 11 heteroatoms. The first-order valence-corrected chi connectivity index (χ1v) is 14.3. The Kier molecular flexibility index (Phi) is 16.0. The molecule has 238 valence electrons. The number of hydrogen-bond donors (Lipinski definition) is 3. The van der Waals surface area contributed by atoms with E-state index in [0.717, 1.165) is 31.6 Å². The van der Waals surface area contributed by atoms with Gasteiger partial charge in [0.05, 0.1) is 13.0 Å². The van der Waals surface area contributed by atoms with E-state index < -0.39 is 29.4 Å². The van der Waals surface area contributed by atoms with Crippen molar-refractivity contribution in [1.82, 2.24) is 4.90 Å². The average Bonchev–Trinajstić information content (AvgIpc) is 2.96. The molecule has 1 atom stereocenters. The highest BCUT2D eigenvalue weighted by Crippen LogP contribution is 2.35. The van der Waals surface area contributed by atoms with Crippen molar-refractivity contribution in [2.24, 2.45) is 11.8 Å². The standard InChI is InChI=1S/C28H41NO6.C4H4O4/c1-7-15-29(17-18-34-24-11-9-8-10-23(24)33-6)16-14-22-12-13-25(35-27(31)21(4)5)28(32,19-22)26(30)20(2)3;5-3(6)1-2-4(7)8/h8-13,20-21,32H,7,14-19H2,1-6H3;1-2H,(H,5,6)(H,7,8). The number of ketones is 1. The third-order valence-corrected chi connectivity index (χ3v) is 6.37.